The molecule has 2 aromatic carbocycles. The van der Waals surface area contributed by atoms with Gasteiger partial charge in [-0.3, -0.25) is 0 Å². The molecule has 0 saturated heterocycles. The van der Waals surface area contributed by atoms with Gasteiger partial charge < -0.3 is 9.67 Å². The molecule has 0 aliphatic heterocycles. The number of aliphatic carboxylic acids is 1. The van der Waals surface area contributed by atoms with Crippen LogP contribution in [0.2, 0.25) is 5.15 Å². The Bertz CT molecular complexity index is 1240. The monoisotopic (exact) mass is 506 g/mol. The molecule has 12 heteroatoms. The molecule has 4 aromatic rings. The van der Waals surface area contributed by atoms with E-state index in [9.17, 15) is 13.2 Å². The minimum absolute atomic E-state index is 0.553. The standard InChI is InChI=1S/C21H21ClN6.C2HF3O2/c1-2-3-8-20-23-19(22)14-28(20)13-15-9-11-16(12-10-15)17-6-4-5-7-18(17)21-24-26-27-25-21;3-2(4,5)1(6)7/h4-7,9-12,14H,2-3,8,13H2,1H3,(H,24,25,26,27);(H,6,7). The van der Waals surface area contributed by atoms with Crippen LogP contribution in [0.5, 0.6) is 0 Å². The molecule has 0 aliphatic carbocycles. The van der Waals surface area contributed by atoms with E-state index in [0.717, 1.165) is 48.3 Å². The fraction of sp³-hybridized carbons (Fsp3) is 0.261. The summed E-state index contributed by atoms with van der Waals surface area (Å²) in [5.41, 5.74) is 4.34. The Hall–Kier alpha value is -3.73. The molecule has 0 amide bonds. The Kier molecular flexibility index (Phi) is 8.58. The van der Waals surface area contributed by atoms with Crippen molar-refractivity contribution in [2.24, 2.45) is 0 Å². The zero-order chi connectivity index (χ0) is 25.4. The predicted molar refractivity (Wildman–Crippen MR) is 124 cm³/mol. The maximum absolute atomic E-state index is 10.6. The van der Waals surface area contributed by atoms with Crippen LogP contribution < -0.4 is 0 Å². The van der Waals surface area contributed by atoms with Crippen LogP contribution in [0.25, 0.3) is 22.5 Å². The van der Waals surface area contributed by atoms with Crippen LogP contribution in [0.1, 0.15) is 31.2 Å². The molecule has 0 radical (unpaired) electrons. The van der Waals surface area contributed by atoms with Crippen LogP contribution in [0, 0.1) is 0 Å². The molecule has 0 saturated carbocycles. The summed E-state index contributed by atoms with van der Waals surface area (Å²) in [4.78, 5) is 13.4. The number of aromatic amines is 1. The molecule has 0 bridgehead atoms. The van der Waals surface area contributed by atoms with E-state index in [1.165, 1.54) is 5.56 Å². The first-order chi connectivity index (χ1) is 16.7. The van der Waals surface area contributed by atoms with Gasteiger partial charge in [0.2, 0.25) is 5.82 Å². The number of nitrogens with one attached hydrogen (secondary N) is 1. The molecule has 0 atom stereocenters. The molecular weight excluding hydrogens is 485 g/mol. The number of imidazole rings is 1. The number of halogens is 4. The second-order valence-corrected chi connectivity index (χ2v) is 7.88. The Morgan fingerprint density at radius 2 is 1.77 bits per heavy atom. The minimum Gasteiger partial charge on any atom is -0.475 e. The van der Waals surface area contributed by atoms with Crippen molar-refractivity contribution in [2.45, 2.75) is 38.9 Å². The highest BCUT2D eigenvalue weighted by Crippen LogP contribution is 2.30. The molecule has 8 nitrogen and oxygen atoms in total. The first-order valence-electron chi connectivity index (χ1n) is 10.6. The topological polar surface area (TPSA) is 110 Å². The normalized spacial score (nSPS) is 11.1. The van der Waals surface area contributed by atoms with E-state index in [0.29, 0.717) is 11.0 Å². The Morgan fingerprint density at radius 3 is 2.34 bits per heavy atom. The number of carbonyl (C=O) groups is 1. The molecule has 2 heterocycles. The largest absolute Gasteiger partial charge is 0.490 e. The van der Waals surface area contributed by atoms with Gasteiger partial charge in [-0.05, 0) is 28.3 Å². The second kappa shape index (κ2) is 11.6. The molecule has 0 spiro atoms. The first kappa shape index (κ1) is 25.9. The van der Waals surface area contributed by atoms with Crippen molar-refractivity contribution in [1.82, 2.24) is 30.2 Å². The summed E-state index contributed by atoms with van der Waals surface area (Å²) in [6.07, 6.45) is 0.0174. The van der Waals surface area contributed by atoms with Crippen molar-refractivity contribution in [3.63, 3.8) is 0 Å². The fourth-order valence-corrected chi connectivity index (χ4v) is 3.50. The number of alkyl halides is 3. The van der Waals surface area contributed by atoms with Gasteiger partial charge in [-0.25, -0.2) is 9.78 Å². The number of tetrazole rings is 1. The van der Waals surface area contributed by atoms with Crippen molar-refractivity contribution >= 4 is 17.6 Å². The molecule has 0 aliphatic rings. The Balaban J connectivity index is 0.000000429. The minimum atomic E-state index is -5.08. The van der Waals surface area contributed by atoms with Gasteiger partial charge in [-0.2, -0.15) is 18.4 Å². The van der Waals surface area contributed by atoms with E-state index < -0.39 is 12.1 Å². The van der Waals surface area contributed by atoms with Crippen LogP contribution in [0.4, 0.5) is 13.2 Å². The lowest BCUT2D eigenvalue weighted by atomic mass is 9.98. The zero-order valence-electron chi connectivity index (χ0n) is 18.6. The van der Waals surface area contributed by atoms with Crippen molar-refractivity contribution < 1.29 is 23.1 Å². The number of unbranched alkanes of at least 4 members (excludes halogenated alkanes) is 1. The van der Waals surface area contributed by atoms with Crippen molar-refractivity contribution in [3.05, 3.63) is 71.3 Å². The summed E-state index contributed by atoms with van der Waals surface area (Å²) in [5.74, 6) is -1.13. The zero-order valence-corrected chi connectivity index (χ0v) is 19.4. The molecule has 4 rings (SSSR count). The molecular formula is C23H22ClF3N6O2. The van der Waals surface area contributed by atoms with Gasteiger partial charge in [0.25, 0.3) is 0 Å². The summed E-state index contributed by atoms with van der Waals surface area (Å²) in [7, 11) is 0. The highest BCUT2D eigenvalue weighted by atomic mass is 35.5. The van der Waals surface area contributed by atoms with Gasteiger partial charge >= 0.3 is 12.1 Å². The Labute approximate surface area is 203 Å². The highest BCUT2D eigenvalue weighted by Gasteiger charge is 2.38. The smallest absolute Gasteiger partial charge is 0.475 e. The highest BCUT2D eigenvalue weighted by molar-refractivity contribution is 6.29. The van der Waals surface area contributed by atoms with Gasteiger partial charge in [0.05, 0.1) is 0 Å². The van der Waals surface area contributed by atoms with Gasteiger partial charge in [0.15, 0.2) is 0 Å². The molecule has 2 N–H and O–H groups in total. The number of aryl methyl sites for hydroxylation is 1. The summed E-state index contributed by atoms with van der Waals surface area (Å²) in [6, 6.07) is 16.6. The quantitative estimate of drug-likeness (QED) is 0.347. The Morgan fingerprint density at radius 1 is 1.11 bits per heavy atom. The van der Waals surface area contributed by atoms with E-state index in [-0.39, 0.29) is 0 Å². The first-order valence-corrected chi connectivity index (χ1v) is 11.0. The lowest BCUT2D eigenvalue weighted by Crippen LogP contribution is -2.21. The summed E-state index contributed by atoms with van der Waals surface area (Å²) >= 11 is 6.13. The number of H-pyrrole nitrogens is 1. The maximum Gasteiger partial charge on any atom is 0.490 e. The van der Waals surface area contributed by atoms with Crippen molar-refractivity contribution in [1.29, 1.82) is 0 Å². The van der Waals surface area contributed by atoms with Gasteiger partial charge in [-0.1, -0.05) is 73.5 Å². The summed E-state index contributed by atoms with van der Waals surface area (Å²) in [5, 5.41) is 22.1. The summed E-state index contributed by atoms with van der Waals surface area (Å²) in [6.45, 7) is 2.94. The van der Waals surface area contributed by atoms with Crippen LogP contribution in [0.3, 0.4) is 0 Å². The van der Waals surface area contributed by atoms with Gasteiger partial charge in [0, 0.05) is 24.7 Å². The average Bonchev–Trinajstić information content (AvgIpc) is 3.48. The van der Waals surface area contributed by atoms with E-state index in [4.69, 9.17) is 21.5 Å². The lowest BCUT2D eigenvalue weighted by Gasteiger charge is -2.10. The number of carboxylic acid groups (broad SMARTS) is 1. The molecule has 0 fully saturated rings. The number of hydrogen-bond acceptors (Lipinski definition) is 5. The number of benzene rings is 2. The number of rotatable bonds is 7. The third kappa shape index (κ3) is 7.12. The lowest BCUT2D eigenvalue weighted by molar-refractivity contribution is -0.192. The number of aromatic nitrogens is 6. The maximum atomic E-state index is 10.6. The molecule has 2 aromatic heterocycles. The average molecular weight is 507 g/mol. The number of carboxylic acids is 1. The second-order valence-electron chi connectivity index (χ2n) is 7.49. The van der Waals surface area contributed by atoms with E-state index in [1.807, 2.05) is 24.4 Å². The number of nitrogens with zero attached hydrogens (tertiary/aromatic N) is 5. The molecule has 0 unspecified atom stereocenters. The van der Waals surface area contributed by atoms with Crippen LogP contribution in [-0.4, -0.2) is 47.4 Å². The fourth-order valence-electron chi connectivity index (χ4n) is 3.28. The molecule has 35 heavy (non-hydrogen) atoms. The van der Waals surface area contributed by atoms with Crippen molar-refractivity contribution in [2.75, 3.05) is 0 Å². The predicted octanol–water partition coefficient (Wildman–Crippen LogP) is 5.41. The van der Waals surface area contributed by atoms with Crippen LogP contribution in [0.15, 0.2) is 54.7 Å². The van der Waals surface area contributed by atoms with Gasteiger partial charge in [0.1, 0.15) is 11.0 Å². The van der Waals surface area contributed by atoms with Gasteiger partial charge in [-0.15, -0.1) is 10.2 Å². The van der Waals surface area contributed by atoms with Crippen molar-refractivity contribution in [3.8, 4) is 22.5 Å². The third-order valence-electron chi connectivity index (χ3n) is 4.96. The third-order valence-corrected chi connectivity index (χ3v) is 5.14. The summed E-state index contributed by atoms with van der Waals surface area (Å²) < 4.78 is 33.9. The SMILES string of the molecule is CCCCc1nc(Cl)cn1Cc1ccc(-c2ccccc2-c2nn[nH]n2)cc1.O=C(O)C(F)(F)F. The van der Waals surface area contributed by atoms with E-state index in [2.05, 4.69) is 67.4 Å². The van der Waals surface area contributed by atoms with E-state index >= 15 is 0 Å². The number of hydrogen-bond donors (Lipinski definition) is 2. The van der Waals surface area contributed by atoms with Crippen LogP contribution >= 0.6 is 11.6 Å². The van der Waals surface area contributed by atoms with E-state index in [1.54, 1.807) is 0 Å². The van der Waals surface area contributed by atoms with Crippen LogP contribution in [-0.2, 0) is 17.8 Å². The molecule has 184 valence electrons.